The molecule has 0 spiro atoms. The number of ether oxygens (including phenoxy) is 2. The predicted octanol–water partition coefficient (Wildman–Crippen LogP) is 3.00. The lowest BCUT2D eigenvalue weighted by atomic mass is 10.1. The van der Waals surface area contributed by atoms with Crippen molar-refractivity contribution in [2.75, 3.05) is 19.8 Å². The lowest BCUT2D eigenvalue weighted by Crippen LogP contribution is -2.10. The topological polar surface area (TPSA) is 48.4 Å². The Hall–Kier alpha value is -1.72. The lowest BCUT2D eigenvalue weighted by Gasteiger charge is -2.05. The first-order valence-corrected chi connectivity index (χ1v) is 6.99. The maximum Gasteiger partial charge on any atom is 0.338 e. The van der Waals surface area contributed by atoms with Crippen molar-refractivity contribution in [2.45, 2.75) is 6.92 Å². The molecule has 0 bridgehead atoms. The standard InChI is InChI=1S/C14H15NO3S/c1-2-17-7-8-18-14(16)12-5-3-11(4-6-12)13-9-19-10-15-13/h3-6,9-10H,2,7-8H2,1H3. The number of esters is 1. The number of hydrogen-bond donors (Lipinski definition) is 0. The summed E-state index contributed by atoms with van der Waals surface area (Å²) in [5.74, 6) is -0.329. The van der Waals surface area contributed by atoms with Gasteiger partial charge in [-0.3, -0.25) is 0 Å². The maximum absolute atomic E-state index is 11.7. The van der Waals surface area contributed by atoms with Gasteiger partial charge < -0.3 is 9.47 Å². The molecule has 0 fully saturated rings. The molecule has 1 aromatic carbocycles. The van der Waals surface area contributed by atoms with Crippen molar-refractivity contribution in [3.05, 3.63) is 40.7 Å². The number of thiazole rings is 1. The zero-order valence-corrected chi connectivity index (χ0v) is 11.5. The van der Waals surface area contributed by atoms with Gasteiger partial charge in [0.15, 0.2) is 0 Å². The highest BCUT2D eigenvalue weighted by Gasteiger charge is 2.07. The number of hydrogen-bond acceptors (Lipinski definition) is 5. The summed E-state index contributed by atoms with van der Waals surface area (Å²) in [5, 5.41) is 1.97. The molecule has 100 valence electrons. The van der Waals surface area contributed by atoms with E-state index in [2.05, 4.69) is 4.98 Å². The van der Waals surface area contributed by atoms with E-state index in [4.69, 9.17) is 9.47 Å². The van der Waals surface area contributed by atoms with E-state index in [1.807, 2.05) is 24.4 Å². The molecule has 2 aromatic rings. The van der Waals surface area contributed by atoms with Crippen molar-refractivity contribution >= 4 is 17.3 Å². The Morgan fingerprint density at radius 1 is 1.26 bits per heavy atom. The Labute approximate surface area is 116 Å². The zero-order chi connectivity index (χ0) is 13.5. The zero-order valence-electron chi connectivity index (χ0n) is 10.7. The van der Waals surface area contributed by atoms with Gasteiger partial charge in [0.1, 0.15) is 6.61 Å². The Balaban J connectivity index is 1.93. The Kier molecular flexibility index (Phi) is 5.06. The van der Waals surface area contributed by atoms with Gasteiger partial charge in [-0.2, -0.15) is 0 Å². The fourth-order valence-electron chi connectivity index (χ4n) is 1.55. The van der Waals surface area contributed by atoms with E-state index in [1.54, 1.807) is 29.0 Å². The van der Waals surface area contributed by atoms with Crippen LogP contribution >= 0.6 is 11.3 Å². The summed E-state index contributed by atoms with van der Waals surface area (Å²) in [6.07, 6.45) is 0. The molecule has 19 heavy (non-hydrogen) atoms. The molecule has 1 aromatic heterocycles. The molecular formula is C14H15NO3S. The summed E-state index contributed by atoms with van der Waals surface area (Å²) in [6, 6.07) is 7.23. The smallest absolute Gasteiger partial charge is 0.338 e. The fourth-order valence-corrected chi connectivity index (χ4v) is 2.11. The SMILES string of the molecule is CCOCCOC(=O)c1ccc(-c2cscn2)cc1. The summed E-state index contributed by atoms with van der Waals surface area (Å²) in [7, 11) is 0. The van der Waals surface area contributed by atoms with Gasteiger partial charge in [-0.25, -0.2) is 9.78 Å². The maximum atomic E-state index is 11.7. The summed E-state index contributed by atoms with van der Waals surface area (Å²) in [4.78, 5) is 15.9. The third-order valence-electron chi connectivity index (χ3n) is 2.51. The monoisotopic (exact) mass is 277 g/mol. The highest BCUT2D eigenvalue weighted by molar-refractivity contribution is 7.07. The van der Waals surface area contributed by atoms with Gasteiger partial charge in [-0.15, -0.1) is 11.3 Å². The van der Waals surface area contributed by atoms with Crippen LogP contribution in [0.2, 0.25) is 0 Å². The Bertz CT molecular complexity index is 508. The molecule has 0 N–H and O–H groups in total. The van der Waals surface area contributed by atoms with Crippen LogP contribution in [0.4, 0.5) is 0 Å². The van der Waals surface area contributed by atoms with Crippen LogP contribution in [0.5, 0.6) is 0 Å². The van der Waals surface area contributed by atoms with Crippen LogP contribution in [0.1, 0.15) is 17.3 Å². The number of aromatic nitrogens is 1. The third kappa shape index (κ3) is 3.87. The lowest BCUT2D eigenvalue weighted by molar-refractivity contribution is 0.0335. The van der Waals surface area contributed by atoms with E-state index in [0.717, 1.165) is 11.3 Å². The van der Waals surface area contributed by atoms with E-state index >= 15 is 0 Å². The van der Waals surface area contributed by atoms with Crippen LogP contribution in [0.3, 0.4) is 0 Å². The quantitative estimate of drug-likeness (QED) is 0.601. The van der Waals surface area contributed by atoms with Crippen molar-refractivity contribution in [3.8, 4) is 11.3 Å². The molecule has 2 rings (SSSR count). The van der Waals surface area contributed by atoms with Gasteiger partial charge in [-0.05, 0) is 19.1 Å². The highest BCUT2D eigenvalue weighted by Crippen LogP contribution is 2.19. The first-order valence-electron chi connectivity index (χ1n) is 6.04. The molecule has 0 aliphatic heterocycles. The minimum atomic E-state index is -0.329. The Morgan fingerprint density at radius 3 is 2.68 bits per heavy atom. The van der Waals surface area contributed by atoms with Gasteiger partial charge >= 0.3 is 5.97 Å². The van der Waals surface area contributed by atoms with Crippen LogP contribution in [-0.4, -0.2) is 30.8 Å². The Morgan fingerprint density at radius 2 is 2.05 bits per heavy atom. The van der Waals surface area contributed by atoms with Gasteiger partial charge in [-0.1, -0.05) is 12.1 Å². The average Bonchev–Trinajstić information content (AvgIpc) is 2.98. The molecule has 0 saturated heterocycles. The van der Waals surface area contributed by atoms with Crippen LogP contribution in [0.15, 0.2) is 35.2 Å². The van der Waals surface area contributed by atoms with E-state index in [0.29, 0.717) is 18.8 Å². The molecule has 5 heteroatoms. The van der Waals surface area contributed by atoms with Crippen molar-refractivity contribution < 1.29 is 14.3 Å². The largest absolute Gasteiger partial charge is 0.460 e. The first kappa shape index (κ1) is 13.7. The summed E-state index contributed by atoms with van der Waals surface area (Å²) in [5.41, 5.74) is 4.23. The third-order valence-corrected chi connectivity index (χ3v) is 3.10. The summed E-state index contributed by atoms with van der Waals surface area (Å²) >= 11 is 1.54. The van der Waals surface area contributed by atoms with Crippen molar-refractivity contribution in [1.82, 2.24) is 4.98 Å². The van der Waals surface area contributed by atoms with E-state index < -0.39 is 0 Å². The second kappa shape index (κ2) is 7.01. The van der Waals surface area contributed by atoms with Crippen LogP contribution in [-0.2, 0) is 9.47 Å². The molecule has 0 aliphatic carbocycles. The second-order valence-electron chi connectivity index (χ2n) is 3.78. The number of carbonyl (C=O) groups is 1. The molecule has 0 aliphatic rings. The molecule has 4 nitrogen and oxygen atoms in total. The average molecular weight is 277 g/mol. The van der Waals surface area contributed by atoms with Crippen LogP contribution in [0, 0.1) is 0 Å². The number of nitrogens with zero attached hydrogens (tertiary/aromatic N) is 1. The minimum Gasteiger partial charge on any atom is -0.460 e. The predicted molar refractivity (Wildman–Crippen MR) is 74.3 cm³/mol. The summed E-state index contributed by atoms with van der Waals surface area (Å²) in [6.45, 7) is 3.23. The molecule has 1 heterocycles. The first-order chi connectivity index (χ1) is 9.31. The van der Waals surface area contributed by atoms with Gasteiger partial charge in [0.2, 0.25) is 0 Å². The van der Waals surface area contributed by atoms with E-state index in [1.165, 1.54) is 0 Å². The minimum absolute atomic E-state index is 0.278. The number of benzene rings is 1. The number of carbonyl (C=O) groups excluding carboxylic acids is 1. The normalized spacial score (nSPS) is 10.4. The van der Waals surface area contributed by atoms with Gasteiger partial charge in [0, 0.05) is 17.6 Å². The van der Waals surface area contributed by atoms with E-state index in [-0.39, 0.29) is 12.6 Å². The molecule has 0 atom stereocenters. The summed E-state index contributed by atoms with van der Waals surface area (Å²) < 4.78 is 10.2. The fraction of sp³-hybridized carbons (Fsp3) is 0.286. The molecule has 0 amide bonds. The molecule has 0 unspecified atom stereocenters. The van der Waals surface area contributed by atoms with Crippen LogP contribution in [0.25, 0.3) is 11.3 Å². The molecule has 0 saturated carbocycles. The van der Waals surface area contributed by atoms with Gasteiger partial charge in [0.25, 0.3) is 0 Å². The number of rotatable bonds is 6. The van der Waals surface area contributed by atoms with Crippen molar-refractivity contribution in [1.29, 1.82) is 0 Å². The van der Waals surface area contributed by atoms with Crippen molar-refractivity contribution in [3.63, 3.8) is 0 Å². The van der Waals surface area contributed by atoms with E-state index in [9.17, 15) is 4.79 Å². The van der Waals surface area contributed by atoms with Crippen molar-refractivity contribution in [2.24, 2.45) is 0 Å². The van der Waals surface area contributed by atoms with Crippen LogP contribution < -0.4 is 0 Å². The second-order valence-corrected chi connectivity index (χ2v) is 4.50. The highest BCUT2D eigenvalue weighted by atomic mass is 32.1. The van der Waals surface area contributed by atoms with Gasteiger partial charge in [0.05, 0.1) is 23.4 Å². The molecule has 0 radical (unpaired) electrons. The molecular weight excluding hydrogens is 262 g/mol.